The molecule has 0 bridgehead atoms. The number of benzene rings is 1. The van der Waals surface area contributed by atoms with Gasteiger partial charge in [-0.05, 0) is 30.6 Å². The summed E-state index contributed by atoms with van der Waals surface area (Å²) in [5.74, 6) is 0. The Morgan fingerprint density at radius 2 is 2.41 bits per heavy atom. The number of hydrazine groups is 1. The Kier molecular flexibility index (Phi) is 3.93. The zero-order valence-corrected chi connectivity index (χ0v) is 11.3. The molecule has 1 aromatic rings. The van der Waals surface area contributed by atoms with E-state index in [4.69, 9.17) is 0 Å². The summed E-state index contributed by atoms with van der Waals surface area (Å²) >= 11 is 0. The number of carbonyl (C=O) groups is 1. The maximum atomic E-state index is 11.1. The van der Waals surface area contributed by atoms with Gasteiger partial charge in [0.1, 0.15) is 6.29 Å². The molecule has 1 fully saturated rings. The van der Waals surface area contributed by atoms with Crippen LogP contribution in [0.4, 0.5) is 0 Å². The number of aldehydes is 1. The summed E-state index contributed by atoms with van der Waals surface area (Å²) in [5, 5.41) is 3.25. The first-order valence-electron chi connectivity index (χ1n) is 5.96. The number of carbonyl (C=O) groups excluding carboxylic acids is 1. The zero-order valence-electron chi connectivity index (χ0n) is 10.1. The van der Waals surface area contributed by atoms with Gasteiger partial charge in [0.25, 0.3) is 0 Å². The van der Waals surface area contributed by atoms with Crippen molar-refractivity contribution in [3.8, 4) is 0 Å². The molecule has 4 heteroatoms. The maximum Gasteiger partial charge on any atom is 0.141 e. The van der Waals surface area contributed by atoms with Crippen LogP contribution in [0.2, 0.25) is 0 Å². The van der Waals surface area contributed by atoms with E-state index in [1.54, 1.807) is 0 Å². The lowest BCUT2D eigenvalue weighted by molar-refractivity contribution is -0.117. The lowest BCUT2D eigenvalue weighted by atomic mass is 10.0. The molecule has 1 aromatic carbocycles. The van der Waals surface area contributed by atoms with Crippen molar-refractivity contribution in [1.82, 2.24) is 10.4 Å². The van der Waals surface area contributed by atoms with E-state index >= 15 is 0 Å². The maximum absolute atomic E-state index is 11.1. The van der Waals surface area contributed by atoms with Crippen molar-refractivity contribution >= 4 is 20.8 Å². The van der Waals surface area contributed by atoms with Crippen LogP contribution in [0.25, 0.3) is 0 Å². The van der Waals surface area contributed by atoms with Crippen LogP contribution >= 0.6 is 9.24 Å². The van der Waals surface area contributed by atoms with Crippen molar-refractivity contribution in [2.45, 2.75) is 31.8 Å². The molecule has 0 aromatic heterocycles. The van der Waals surface area contributed by atoms with Crippen LogP contribution in [0, 0.1) is 0 Å². The Hall–Kier alpha value is -0.760. The number of nitrogens with zero attached hydrogens (tertiary/aromatic N) is 1. The van der Waals surface area contributed by atoms with Crippen molar-refractivity contribution in [1.29, 1.82) is 0 Å². The van der Waals surface area contributed by atoms with Crippen LogP contribution in [0.1, 0.15) is 25.3 Å². The molecule has 0 spiro atoms. The largest absolute Gasteiger partial charge is 0.301 e. The fraction of sp³-hybridized carbons (Fsp3) is 0.462. The highest BCUT2D eigenvalue weighted by Gasteiger charge is 2.36. The van der Waals surface area contributed by atoms with E-state index in [1.807, 2.05) is 13.0 Å². The number of hydrogen-bond donors (Lipinski definition) is 1. The number of nitrogens with one attached hydrogen (secondary N) is 1. The Balaban J connectivity index is 1.96. The second kappa shape index (κ2) is 5.26. The number of rotatable bonds is 4. The van der Waals surface area contributed by atoms with Gasteiger partial charge in [0.2, 0.25) is 0 Å². The number of hydrogen-bond acceptors (Lipinski definition) is 3. The SMILES string of the molecule is C[C@@]1(C=O)CCCN1NCc1cccc(P)c1. The molecule has 2 rings (SSSR count). The fourth-order valence-corrected chi connectivity index (χ4v) is 2.58. The van der Waals surface area contributed by atoms with Gasteiger partial charge in [-0.3, -0.25) is 0 Å². The quantitative estimate of drug-likeness (QED) is 0.644. The highest BCUT2D eigenvalue weighted by Crippen LogP contribution is 2.24. The van der Waals surface area contributed by atoms with E-state index in [9.17, 15) is 4.79 Å². The molecule has 92 valence electrons. The van der Waals surface area contributed by atoms with E-state index in [2.05, 4.69) is 37.9 Å². The topological polar surface area (TPSA) is 32.3 Å². The Morgan fingerprint density at radius 1 is 1.59 bits per heavy atom. The van der Waals surface area contributed by atoms with E-state index in [0.29, 0.717) is 0 Å². The van der Waals surface area contributed by atoms with Gasteiger partial charge in [0, 0.05) is 13.1 Å². The lowest BCUT2D eigenvalue weighted by Gasteiger charge is -2.30. The van der Waals surface area contributed by atoms with Crippen LogP contribution in [0.5, 0.6) is 0 Å². The average molecular weight is 250 g/mol. The normalized spacial score (nSPS) is 25.1. The molecule has 1 saturated heterocycles. The molecule has 0 saturated carbocycles. The highest BCUT2D eigenvalue weighted by atomic mass is 31.0. The molecular formula is C13H19N2OP. The first-order chi connectivity index (χ1) is 8.14. The summed E-state index contributed by atoms with van der Waals surface area (Å²) in [6.45, 7) is 3.70. The summed E-state index contributed by atoms with van der Waals surface area (Å²) in [6, 6.07) is 8.32. The minimum absolute atomic E-state index is 0.335. The van der Waals surface area contributed by atoms with Gasteiger partial charge in [-0.2, -0.15) is 0 Å². The summed E-state index contributed by atoms with van der Waals surface area (Å²) in [7, 11) is 2.70. The summed E-state index contributed by atoms with van der Waals surface area (Å²) in [6.07, 6.45) is 3.07. The zero-order chi connectivity index (χ0) is 12.3. The van der Waals surface area contributed by atoms with Crippen molar-refractivity contribution in [3.63, 3.8) is 0 Å². The van der Waals surface area contributed by atoms with Crippen molar-refractivity contribution in [2.75, 3.05) is 6.54 Å². The molecule has 0 radical (unpaired) electrons. The summed E-state index contributed by atoms with van der Waals surface area (Å²) in [5.41, 5.74) is 4.26. The predicted molar refractivity (Wildman–Crippen MR) is 73.0 cm³/mol. The molecule has 17 heavy (non-hydrogen) atoms. The molecule has 1 aliphatic rings. The minimum atomic E-state index is -0.335. The van der Waals surface area contributed by atoms with Gasteiger partial charge >= 0.3 is 0 Å². The molecule has 3 nitrogen and oxygen atoms in total. The Labute approximate surface area is 105 Å². The van der Waals surface area contributed by atoms with Crippen LogP contribution in [0.15, 0.2) is 24.3 Å². The third-order valence-corrected chi connectivity index (χ3v) is 3.72. The van der Waals surface area contributed by atoms with Crippen molar-refractivity contribution < 1.29 is 4.79 Å². The molecular weight excluding hydrogens is 231 g/mol. The first kappa shape index (κ1) is 12.7. The van der Waals surface area contributed by atoms with Gasteiger partial charge in [-0.1, -0.05) is 24.3 Å². The van der Waals surface area contributed by atoms with Gasteiger partial charge < -0.3 is 4.79 Å². The second-order valence-corrected chi connectivity index (χ2v) is 5.48. The van der Waals surface area contributed by atoms with Crippen LogP contribution in [0.3, 0.4) is 0 Å². The highest BCUT2D eigenvalue weighted by molar-refractivity contribution is 7.27. The van der Waals surface area contributed by atoms with Crippen LogP contribution in [-0.2, 0) is 11.3 Å². The standard InChI is InChI=1S/C13H19N2OP/c1-13(10-16)6-3-7-15(13)14-9-11-4-2-5-12(17)8-11/h2,4-5,8,10,14H,3,6-7,9,17H2,1H3/t13-/m0/s1. The first-order valence-corrected chi connectivity index (χ1v) is 6.54. The van der Waals surface area contributed by atoms with Crippen molar-refractivity contribution in [2.24, 2.45) is 0 Å². The molecule has 1 unspecified atom stereocenters. The molecule has 1 N–H and O–H groups in total. The van der Waals surface area contributed by atoms with Crippen molar-refractivity contribution in [3.05, 3.63) is 29.8 Å². The molecule has 1 aliphatic heterocycles. The monoisotopic (exact) mass is 250 g/mol. The fourth-order valence-electron chi connectivity index (χ4n) is 2.26. The van der Waals surface area contributed by atoms with Crippen LogP contribution < -0.4 is 10.7 Å². The van der Waals surface area contributed by atoms with Gasteiger partial charge in [-0.15, -0.1) is 9.24 Å². The van der Waals surface area contributed by atoms with Crippen LogP contribution in [-0.4, -0.2) is 23.4 Å². The summed E-state index contributed by atoms with van der Waals surface area (Å²) in [4.78, 5) is 11.1. The molecule has 0 amide bonds. The van der Waals surface area contributed by atoms with Gasteiger partial charge in [0.05, 0.1) is 5.54 Å². The van der Waals surface area contributed by atoms with E-state index in [0.717, 1.165) is 32.2 Å². The predicted octanol–water partition coefficient (Wildman–Crippen LogP) is 1.24. The van der Waals surface area contributed by atoms with E-state index in [1.165, 1.54) is 10.9 Å². The second-order valence-electron chi connectivity index (χ2n) is 4.81. The third-order valence-electron chi connectivity index (χ3n) is 3.36. The van der Waals surface area contributed by atoms with E-state index < -0.39 is 0 Å². The molecule has 1 heterocycles. The Bertz CT molecular complexity index is 410. The summed E-state index contributed by atoms with van der Waals surface area (Å²) < 4.78 is 0. The minimum Gasteiger partial charge on any atom is -0.301 e. The van der Waals surface area contributed by atoms with Gasteiger partial charge in [-0.25, -0.2) is 10.4 Å². The average Bonchev–Trinajstić information content (AvgIpc) is 2.69. The molecule has 0 aliphatic carbocycles. The smallest absolute Gasteiger partial charge is 0.141 e. The van der Waals surface area contributed by atoms with Gasteiger partial charge in [0.15, 0.2) is 0 Å². The van der Waals surface area contributed by atoms with E-state index in [-0.39, 0.29) is 5.54 Å². The third kappa shape index (κ3) is 2.92. The lowest BCUT2D eigenvalue weighted by Crippen LogP contribution is -2.50. The Morgan fingerprint density at radius 3 is 3.12 bits per heavy atom. The molecule has 2 atom stereocenters.